The maximum absolute atomic E-state index is 11.7. The van der Waals surface area contributed by atoms with E-state index in [4.69, 9.17) is 4.74 Å². The van der Waals surface area contributed by atoms with Gasteiger partial charge in [-0.25, -0.2) is 4.79 Å². The maximum Gasteiger partial charge on any atom is 0.338 e. The highest BCUT2D eigenvalue weighted by molar-refractivity contribution is 5.89. The number of benzene rings is 1. The smallest absolute Gasteiger partial charge is 0.338 e. The third-order valence-electron chi connectivity index (χ3n) is 2.85. The molecule has 0 heterocycles. The van der Waals surface area contributed by atoms with Crippen molar-refractivity contribution in [2.75, 3.05) is 26.2 Å². The van der Waals surface area contributed by atoms with Crippen molar-refractivity contribution in [3.8, 4) is 0 Å². The Bertz CT molecular complexity index is 433. The number of nitro benzene ring substituents is 1. The van der Waals surface area contributed by atoms with Crippen molar-refractivity contribution in [3.63, 3.8) is 0 Å². The minimum Gasteiger partial charge on any atom is -1.00 e. The van der Waals surface area contributed by atoms with Crippen LogP contribution in [0.1, 0.15) is 24.2 Å². The molecule has 0 saturated carbocycles. The van der Waals surface area contributed by atoms with Crippen LogP contribution in [0.4, 0.5) is 5.69 Å². The second-order valence-electron chi connectivity index (χ2n) is 3.97. The van der Waals surface area contributed by atoms with E-state index in [2.05, 4.69) is 4.90 Å². The number of carbonyl (C=O) groups excluding carboxylic acids is 1. The third kappa shape index (κ3) is 5.54. The van der Waals surface area contributed by atoms with Crippen LogP contribution in [0.5, 0.6) is 0 Å². The van der Waals surface area contributed by atoms with Gasteiger partial charge in [-0.05, 0) is 25.2 Å². The second-order valence-corrected chi connectivity index (χ2v) is 3.97. The number of carbonyl (C=O) groups is 1. The van der Waals surface area contributed by atoms with Gasteiger partial charge in [-0.1, -0.05) is 13.8 Å². The summed E-state index contributed by atoms with van der Waals surface area (Å²) in [4.78, 5) is 23.8. The SMILES string of the molecule is CCN(CC)CCOC(=O)c1ccc([N+](=O)[O-])cc1.[Cl-]. The monoisotopic (exact) mass is 301 g/mol. The van der Waals surface area contributed by atoms with E-state index >= 15 is 0 Å². The van der Waals surface area contributed by atoms with Crippen LogP contribution in [0.15, 0.2) is 24.3 Å². The summed E-state index contributed by atoms with van der Waals surface area (Å²) in [7, 11) is 0. The lowest BCUT2D eigenvalue weighted by Crippen LogP contribution is -3.00. The quantitative estimate of drug-likeness (QED) is 0.371. The molecule has 0 spiro atoms. The first-order valence-corrected chi connectivity index (χ1v) is 6.22. The lowest BCUT2D eigenvalue weighted by Gasteiger charge is -2.17. The molecule has 0 aliphatic carbocycles. The highest BCUT2D eigenvalue weighted by Crippen LogP contribution is 2.12. The average molecular weight is 302 g/mol. The Morgan fingerprint density at radius 1 is 1.25 bits per heavy atom. The number of hydrogen-bond donors (Lipinski definition) is 0. The minimum absolute atomic E-state index is 0. The molecule has 0 unspecified atom stereocenters. The number of likely N-dealkylation sites (N-methyl/N-ethyl adjacent to an activating group) is 1. The lowest BCUT2D eigenvalue weighted by atomic mass is 10.2. The van der Waals surface area contributed by atoms with Crippen molar-refractivity contribution >= 4 is 11.7 Å². The lowest BCUT2D eigenvalue weighted by molar-refractivity contribution is -0.384. The van der Waals surface area contributed by atoms with Crippen LogP contribution >= 0.6 is 0 Å². The number of esters is 1. The van der Waals surface area contributed by atoms with Gasteiger partial charge in [0.05, 0.1) is 10.5 Å². The van der Waals surface area contributed by atoms with E-state index in [9.17, 15) is 14.9 Å². The van der Waals surface area contributed by atoms with Gasteiger partial charge in [-0.2, -0.15) is 0 Å². The van der Waals surface area contributed by atoms with Crippen LogP contribution in [0.3, 0.4) is 0 Å². The normalized spacial score (nSPS) is 9.95. The largest absolute Gasteiger partial charge is 1.00 e. The Balaban J connectivity index is 0.00000361. The number of rotatable bonds is 7. The molecule has 0 saturated heterocycles. The number of ether oxygens (including phenoxy) is 1. The van der Waals surface area contributed by atoms with Gasteiger partial charge in [-0.3, -0.25) is 10.1 Å². The maximum atomic E-state index is 11.7. The zero-order valence-electron chi connectivity index (χ0n) is 11.5. The van der Waals surface area contributed by atoms with Crippen molar-refractivity contribution in [1.29, 1.82) is 0 Å². The zero-order chi connectivity index (χ0) is 14.3. The fourth-order valence-electron chi connectivity index (χ4n) is 1.61. The molecule has 7 heteroatoms. The van der Waals surface area contributed by atoms with Gasteiger partial charge in [0, 0.05) is 18.7 Å². The molecular formula is C13H18ClN2O4-. The first-order valence-electron chi connectivity index (χ1n) is 6.22. The molecular weight excluding hydrogens is 284 g/mol. The number of nitrogens with zero attached hydrogens (tertiary/aromatic N) is 2. The molecule has 1 aromatic carbocycles. The predicted octanol–water partition coefficient (Wildman–Crippen LogP) is -0.903. The standard InChI is InChI=1S/C13H18N2O4.ClH/c1-3-14(4-2)9-10-19-13(16)11-5-7-12(8-6-11)15(17)18;/h5-8H,3-4,9-10H2,1-2H3;1H/p-1. The first kappa shape index (κ1) is 18.3. The summed E-state index contributed by atoms with van der Waals surface area (Å²) in [5, 5.41) is 10.5. The molecule has 0 amide bonds. The Hall–Kier alpha value is -1.66. The van der Waals surface area contributed by atoms with Gasteiger partial charge >= 0.3 is 5.97 Å². The van der Waals surface area contributed by atoms with Gasteiger partial charge in [0.2, 0.25) is 0 Å². The molecule has 6 nitrogen and oxygen atoms in total. The topological polar surface area (TPSA) is 72.7 Å². The van der Waals surface area contributed by atoms with Crippen molar-refractivity contribution in [2.45, 2.75) is 13.8 Å². The van der Waals surface area contributed by atoms with Crippen LogP contribution in [0, 0.1) is 10.1 Å². The van der Waals surface area contributed by atoms with E-state index in [-0.39, 0.29) is 18.1 Å². The van der Waals surface area contributed by atoms with Crippen LogP contribution in [-0.4, -0.2) is 42.0 Å². The van der Waals surface area contributed by atoms with Gasteiger partial charge in [-0.15, -0.1) is 0 Å². The molecule has 1 aromatic rings. The summed E-state index contributed by atoms with van der Waals surface area (Å²) in [6.45, 7) is 6.91. The second kappa shape index (κ2) is 9.28. The van der Waals surface area contributed by atoms with E-state index in [1.54, 1.807) is 0 Å². The molecule has 0 N–H and O–H groups in total. The summed E-state index contributed by atoms with van der Waals surface area (Å²) < 4.78 is 5.11. The Kier molecular flexibility index (Phi) is 8.51. The van der Waals surface area contributed by atoms with Gasteiger partial charge in [0.15, 0.2) is 0 Å². The van der Waals surface area contributed by atoms with E-state index < -0.39 is 10.9 Å². The predicted molar refractivity (Wildman–Crippen MR) is 71.2 cm³/mol. The van der Waals surface area contributed by atoms with E-state index in [0.29, 0.717) is 18.7 Å². The Morgan fingerprint density at radius 2 is 1.80 bits per heavy atom. The number of non-ortho nitro benzene ring substituents is 1. The molecule has 20 heavy (non-hydrogen) atoms. The van der Waals surface area contributed by atoms with E-state index in [0.717, 1.165) is 13.1 Å². The first-order chi connectivity index (χ1) is 9.08. The van der Waals surface area contributed by atoms with Crippen molar-refractivity contribution in [3.05, 3.63) is 39.9 Å². The number of halogens is 1. The third-order valence-corrected chi connectivity index (χ3v) is 2.85. The molecule has 0 aromatic heterocycles. The van der Waals surface area contributed by atoms with E-state index in [1.165, 1.54) is 24.3 Å². The summed E-state index contributed by atoms with van der Waals surface area (Å²) >= 11 is 0. The van der Waals surface area contributed by atoms with Crippen LogP contribution in [0.25, 0.3) is 0 Å². The van der Waals surface area contributed by atoms with Crippen molar-refractivity contribution in [2.24, 2.45) is 0 Å². The molecule has 1 rings (SSSR count). The summed E-state index contributed by atoms with van der Waals surface area (Å²) in [5.41, 5.74) is 0.282. The molecule has 112 valence electrons. The van der Waals surface area contributed by atoms with Gasteiger partial charge in [0.25, 0.3) is 5.69 Å². The fraction of sp³-hybridized carbons (Fsp3) is 0.462. The van der Waals surface area contributed by atoms with Crippen LogP contribution < -0.4 is 12.4 Å². The molecule has 0 radical (unpaired) electrons. The summed E-state index contributed by atoms with van der Waals surface area (Å²) in [5.74, 6) is -0.456. The minimum atomic E-state index is -0.504. The fourth-order valence-corrected chi connectivity index (χ4v) is 1.61. The van der Waals surface area contributed by atoms with Crippen LogP contribution in [-0.2, 0) is 4.74 Å². The number of nitro groups is 1. The molecule has 0 atom stereocenters. The average Bonchev–Trinajstić information content (AvgIpc) is 2.43. The van der Waals surface area contributed by atoms with Crippen LogP contribution in [0.2, 0.25) is 0 Å². The molecule has 0 bridgehead atoms. The van der Waals surface area contributed by atoms with E-state index in [1.807, 2.05) is 13.8 Å². The molecule has 0 aliphatic heterocycles. The molecule has 0 aliphatic rings. The van der Waals surface area contributed by atoms with Gasteiger partial charge < -0.3 is 22.0 Å². The Labute approximate surface area is 124 Å². The number of hydrogen-bond acceptors (Lipinski definition) is 5. The van der Waals surface area contributed by atoms with Crippen molar-refractivity contribution in [1.82, 2.24) is 4.90 Å². The zero-order valence-corrected chi connectivity index (χ0v) is 12.3. The summed E-state index contributed by atoms with van der Waals surface area (Å²) in [6, 6.07) is 5.39. The van der Waals surface area contributed by atoms with Gasteiger partial charge in [0.1, 0.15) is 6.61 Å². The highest BCUT2D eigenvalue weighted by Gasteiger charge is 2.10. The summed E-state index contributed by atoms with van der Waals surface area (Å²) in [6.07, 6.45) is 0. The molecule has 0 fully saturated rings. The van der Waals surface area contributed by atoms with Crippen molar-refractivity contribution < 1.29 is 26.9 Å². The Morgan fingerprint density at radius 3 is 2.25 bits per heavy atom. The highest BCUT2D eigenvalue weighted by atomic mass is 35.5.